The second-order valence-corrected chi connectivity index (χ2v) is 8.38. The van der Waals surface area contributed by atoms with Gasteiger partial charge in [-0.1, -0.05) is 45.3 Å². The summed E-state index contributed by atoms with van der Waals surface area (Å²) in [6, 6.07) is 0. The summed E-state index contributed by atoms with van der Waals surface area (Å²) in [4.78, 5) is 35.6. The lowest BCUT2D eigenvalue weighted by Gasteiger charge is -2.18. The molecule has 5 atom stereocenters. The lowest BCUT2D eigenvalue weighted by molar-refractivity contribution is -0.140. The van der Waals surface area contributed by atoms with Crippen molar-refractivity contribution >= 4 is 17.5 Å². The first kappa shape index (κ1) is 25.5. The van der Waals surface area contributed by atoms with Crippen molar-refractivity contribution in [2.24, 2.45) is 17.8 Å². The maximum Gasteiger partial charge on any atom is 0.305 e. The average Bonchev–Trinajstić information content (AvgIpc) is 2.94. The first-order valence-electron chi connectivity index (χ1n) is 10.9. The highest BCUT2D eigenvalue weighted by Crippen LogP contribution is 2.34. The Hall–Kier alpha value is -1.53. The van der Waals surface area contributed by atoms with Crippen LogP contribution in [0.2, 0.25) is 0 Å². The number of rotatable bonds is 14. The molecule has 0 aromatic heterocycles. The van der Waals surface area contributed by atoms with Crippen molar-refractivity contribution < 1.29 is 29.3 Å². The lowest BCUT2D eigenvalue weighted by atomic mass is 9.87. The molecule has 0 unspecified atom stereocenters. The van der Waals surface area contributed by atoms with E-state index in [4.69, 9.17) is 0 Å². The molecule has 1 aliphatic rings. The van der Waals surface area contributed by atoms with Crippen LogP contribution >= 0.6 is 0 Å². The van der Waals surface area contributed by atoms with Crippen LogP contribution < -0.4 is 0 Å². The third kappa shape index (κ3) is 9.68. The maximum absolute atomic E-state index is 12.3. The van der Waals surface area contributed by atoms with Gasteiger partial charge in [-0.25, -0.2) is 0 Å². The van der Waals surface area contributed by atoms with Crippen LogP contribution in [0.5, 0.6) is 0 Å². The zero-order chi connectivity index (χ0) is 21.8. The van der Waals surface area contributed by atoms with Gasteiger partial charge in [-0.2, -0.15) is 0 Å². The number of carbonyl (C=O) groups excluding carboxylic acids is 3. The third-order valence-electron chi connectivity index (χ3n) is 5.74. The van der Waals surface area contributed by atoms with Crippen molar-refractivity contribution in [3.8, 4) is 0 Å². The Balaban J connectivity index is 2.52. The van der Waals surface area contributed by atoms with Gasteiger partial charge in [-0.3, -0.25) is 14.4 Å². The zero-order valence-electron chi connectivity index (χ0n) is 18.1. The molecular formula is C23H38O6. The molecule has 6 nitrogen and oxygen atoms in total. The Kier molecular flexibility index (Phi) is 12.0. The molecule has 6 heteroatoms. The summed E-state index contributed by atoms with van der Waals surface area (Å²) in [5.74, 6) is -0.970. The van der Waals surface area contributed by atoms with Crippen molar-refractivity contribution in [1.29, 1.82) is 0 Å². The fraction of sp³-hybridized carbons (Fsp3) is 0.783. The smallest absolute Gasteiger partial charge is 0.305 e. The molecule has 1 aliphatic carbocycles. The molecule has 0 bridgehead atoms. The van der Waals surface area contributed by atoms with Gasteiger partial charge in [0.2, 0.25) is 0 Å². The first-order valence-corrected chi connectivity index (χ1v) is 10.9. The highest BCUT2D eigenvalue weighted by Gasteiger charge is 2.40. The molecule has 29 heavy (non-hydrogen) atoms. The van der Waals surface area contributed by atoms with Gasteiger partial charge in [0, 0.05) is 37.5 Å². The maximum atomic E-state index is 12.3. The van der Waals surface area contributed by atoms with Crippen LogP contribution in [-0.4, -0.2) is 47.1 Å². The van der Waals surface area contributed by atoms with Crippen LogP contribution in [-0.2, 0) is 19.1 Å². The molecule has 0 spiro atoms. The Labute approximate surface area is 174 Å². The molecule has 2 N–H and O–H groups in total. The Morgan fingerprint density at radius 1 is 1.24 bits per heavy atom. The Morgan fingerprint density at radius 3 is 2.59 bits per heavy atom. The van der Waals surface area contributed by atoms with Crippen LogP contribution in [0, 0.1) is 17.8 Å². The van der Waals surface area contributed by atoms with Crippen LogP contribution in [0.15, 0.2) is 12.2 Å². The van der Waals surface area contributed by atoms with E-state index in [0.29, 0.717) is 31.6 Å². The van der Waals surface area contributed by atoms with E-state index in [1.165, 1.54) is 7.11 Å². The molecule has 1 rings (SSSR count). The van der Waals surface area contributed by atoms with Gasteiger partial charge in [0.05, 0.1) is 19.3 Å². The number of methoxy groups -OCH3 is 1. The number of aliphatic hydroxyl groups is 2. The predicted octanol–water partition coefficient (Wildman–Crippen LogP) is 3.38. The average molecular weight is 411 g/mol. The normalized spacial score (nSPS) is 24.0. The largest absolute Gasteiger partial charge is 0.469 e. The molecule has 0 aliphatic heterocycles. The van der Waals surface area contributed by atoms with Crippen molar-refractivity contribution in [1.82, 2.24) is 0 Å². The summed E-state index contributed by atoms with van der Waals surface area (Å²) in [7, 11) is 1.33. The van der Waals surface area contributed by atoms with Gasteiger partial charge in [0.1, 0.15) is 11.6 Å². The SMILES string of the molecule is CCCC[C@H](C)C[C@H](O)/C=C/[C@@H]1[C@H](O)CC(=O)[C@@H]1CC(=O)CCCCC(=O)OC. The zero-order valence-corrected chi connectivity index (χ0v) is 18.1. The van der Waals surface area contributed by atoms with Gasteiger partial charge >= 0.3 is 5.97 Å². The molecular weight excluding hydrogens is 372 g/mol. The highest BCUT2D eigenvalue weighted by atomic mass is 16.5. The van der Waals surface area contributed by atoms with Crippen LogP contribution in [0.4, 0.5) is 0 Å². The second kappa shape index (κ2) is 13.6. The topological polar surface area (TPSA) is 101 Å². The fourth-order valence-corrected chi connectivity index (χ4v) is 3.95. The molecule has 0 amide bonds. The van der Waals surface area contributed by atoms with Gasteiger partial charge in [0.15, 0.2) is 0 Å². The summed E-state index contributed by atoms with van der Waals surface area (Å²) in [5.41, 5.74) is 0. The van der Waals surface area contributed by atoms with Gasteiger partial charge in [-0.15, -0.1) is 0 Å². The van der Waals surface area contributed by atoms with Crippen LogP contribution in [0.1, 0.15) is 78.1 Å². The highest BCUT2D eigenvalue weighted by molar-refractivity contribution is 5.90. The number of carbonyl (C=O) groups is 3. The molecule has 0 heterocycles. The molecule has 0 radical (unpaired) electrons. The number of hydrogen-bond acceptors (Lipinski definition) is 6. The third-order valence-corrected chi connectivity index (χ3v) is 5.74. The van der Waals surface area contributed by atoms with Gasteiger partial charge < -0.3 is 14.9 Å². The summed E-state index contributed by atoms with van der Waals surface area (Å²) < 4.78 is 4.57. The molecule has 0 saturated heterocycles. The van der Waals surface area contributed by atoms with E-state index in [0.717, 1.165) is 19.3 Å². The first-order chi connectivity index (χ1) is 13.8. The Bertz CT molecular complexity index is 556. The minimum Gasteiger partial charge on any atom is -0.469 e. The van der Waals surface area contributed by atoms with Crippen molar-refractivity contribution in [3.05, 3.63) is 12.2 Å². The van der Waals surface area contributed by atoms with Crippen LogP contribution in [0.3, 0.4) is 0 Å². The van der Waals surface area contributed by atoms with Crippen molar-refractivity contribution in [2.75, 3.05) is 7.11 Å². The molecule has 1 fully saturated rings. The summed E-state index contributed by atoms with van der Waals surface area (Å²) in [6.07, 6.45) is 7.86. The number of ketones is 2. The fourth-order valence-electron chi connectivity index (χ4n) is 3.95. The van der Waals surface area contributed by atoms with E-state index in [2.05, 4.69) is 18.6 Å². The van der Waals surface area contributed by atoms with Crippen LogP contribution in [0.25, 0.3) is 0 Å². The minimum atomic E-state index is -0.805. The molecule has 1 saturated carbocycles. The Morgan fingerprint density at radius 2 is 1.93 bits per heavy atom. The molecule has 0 aromatic rings. The lowest BCUT2D eigenvalue weighted by Crippen LogP contribution is -2.22. The summed E-state index contributed by atoms with van der Waals surface area (Å²) in [5, 5.41) is 20.5. The number of aliphatic hydroxyl groups excluding tert-OH is 2. The number of hydrogen-bond donors (Lipinski definition) is 2. The van der Waals surface area contributed by atoms with E-state index in [1.807, 2.05) is 0 Å². The van der Waals surface area contributed by atoms with E-state index < -0.39 is 24.0 Å². The molecule has 0 aromatic carbocycles. The summed E-state index contributed by atoms with van der Waals surface area (Å²) in [6.45, 7) is 4.25. The summed E-state index contributed by atoms with van der Waals surface area (Å²) >= 11 is 0. The minimum absolute atomic E-state index is 0.0329. The predicted molar refractivity (Wildman–Crippen MR) is 111 cm³/mol. The number of unbranched alkanes of at least 4 members (excludes halogenated alkanes) is 2. The van der Waals surface area contributed by atoms with Crippen molar-refractivity contribution in [3.63, 3.8) is 0 Å². The van der Waals surface area contributed by atoms with Gasteiger partial charge in [0.25, 0.3) is 0 Å². The quantitative estimate of drug-likeness (QED) is 0.259. The monoisotopic (exact) mass is 410 g/mol. The standard InChI is InChI=1S/C23H38O6/c1-4-5-8-16(2)13-18(25)11-12-19-20(22(27)15-21(19)26)14-17(24)9-6-7-10-23(28)29-3/h11-12,16,18-21,25-26H,4-10,13-15H2,1-3H3/b12-11+/t16-,18+,19-,20+,21+/m0/s1. The second-order valence-electron chi connectivity index (χ2n) is 8.38. The van der Waals surface area contributed by atoms with Gasteiger partial charge in [-0.05, 0) is 25.2 Å². The van der Waals surface area contributed by atoms with E-state index in [1.54, 1.807) is 12.2 Å². The number of Topliss-reactive ketones (excluding diaryl/α,β-unsaturated/α-hetero) is 2. The van der Waals surface area contributed by atoms with E-state index in [-0.39, 0.29) is 36.8 Å². The number of esters is 1. The van der Waals surface area contributed by atoms with Crippen molar-refractivity contribution in [2.45, 2.75) is 90.3 Å². The molecule has 166 valence electrons. The van der Waals surface area contributed by atoms with E-state index >= 15 is 0 Å². The number of ether oxygens (including phenoxy) is 1. The van der Waals surface area contributed by atoms with E-state index in [9.17, 15) is 24.6 Å².